The molecule has 1 fully saturated rings. The van der Waals surface area contributed by atoms with Crippen molar-refractivity contribution in [3.05, 3.63) is 57.8 Å². The highest BCUT2D eigenvalue weighted by atomic mass is 79.9. The van der Waals surface area contributed by atoms with Crippen LogP contribution >= 0.6 is 28.1 Å². The maximum Gasteiger partial charge on any atom is 0.270 e. The molecule has 6 nitrogen and oxygen atoms in total. The summed E-state index contributed by atoms with van der Waals surface area (Å²) < 4.78 is 25.7. The fraction of sp³-hybridized carbons (Fsp3) is 0.150. The van der Waals surface area contributed by atoms with Gasteiger partial charge < -0.3 is 9.47 Å². The van der Waals surface area contributed by atoms with Crippen molar-refractivity contribution in [1.82, 2.24) is 5.32 Å². The molecule has 9 heteroatoms. The molecule has 0 aliphatic carbocycles. The first kappa shape index (κ1) is 20.9. The van der Waals surface area contributed by atoms with E-state index >= 15 is 0 Å². The number of hydrogen-bond donors (Lipinski definition) is 1. The molecule has 1 saturated heterocycles. The van der Waals surface area contributed by atoms with E-state index in [1.165, 1.54) is 31.4 Å². The number of thiocarbonyl (C=S) groups is 1. The van der Waals surface area contributed by atoms with Crippen LogP contribution < -0.4 is 19.7 Å². The standard InChI is InChI=1S/C20H16BrFN2O4S/c1-3-28-16-10-11(9-13(21)17(16)27-2)8-12-18(25)23-20(29)24(19(12)26)15-7-5-4-6-14(15)22/h4-10H,3H2,1-2H3,(H,23,25,29)/b12-8+. The number of ether oxygens (including phenoxy) is 2. The van der Waals surface area contributed by atoms with Crippen LogP contribution in [0.3, 0.4) is 0 Å². The molecule has 1 N–H and O–H groups in total. The highest BCUT2D eigenvalue weighted by Gasteiger charge is 2.35. The summed E-state index contributed by atoms with van der Waals surface area (Å²) in [5.41, 5.74) is 0.279. The van der Waals surface area contributed by atoms with E-state index in [0.29, 0.717) is 28.1 Å². The van der Waals surface area contributed by atoms with Crippen LogP contribution in [0, 0.1) is 5.82 Å². The van der Waals surface area contributed by atoms with Crippen molar-refractivity contribution in [3.63, 3.8) is 0 Å². The molecule has 2 amide bonds. The van der Waals surface area contributed by atoms with Crippen LogP contribution in [0.2, 0.25) is 0 Å². The molecule has 0 radical (unpaired) electrons. The van der Waals surface area contributed by atoms with Crippen LogP contribution in [-0.2, 0) is 9.59 Å². The fourth-order valence-corrected chi connectivity index (χ4v) is 3.70. The normalized spacial score (nSPS) is 15.5. The number of benzene rings is 2. The van der Waals surface area contributed by atoms with Crippen LogP contribution in [0.25, 0.3) is 6.08 Å². The number of para-hydroxylation sites is 1. The minimum atomic E-state index is -0.728. The third-order valence-corrected chi connectivity index (χ3v) is 4.92. The minimum absolute atomic E-state index is 0.0423. The van der Waals surface area contributed by atoms with E-state index in [9.17, 15) is 14.0 Å². The van der Waals surface area contributed by atoms with E-state index in [1.807, 2.05) is 6.92 Å². The Balaban J connectivity index is 2.06. The molecule has 29 heavy (non-hydrogen) atoms. The number of nitrogens with zero attached hydrogens (tertiary/aromatic N) is 1. The van der Waals surface area contributed by atoms with Crippen molar-refractivity contribution >= 4 is 56.8 Å². The van der Waals surface area contributed by atoms with Crippen LogP contribution in [-0.4, -0.2) is 30.6 Å². The maximum atomic E-state index is 14.2. The van der Waals surface area contributed by atoms with Gasteiger partial charge >= 0.3 is 0 Å². The van der Waals surface area contributed by atoms with Crippen LogP contribution in [0.5, 0.6) is 11.5 Å². The van der Waals surface area contributed by atoms with Gasteiger partial charge in [-0.2, -0.15) is 0 Å². The third kappa shape index (κ3) is 4.15. The Bertz CT molecular complexity index is 1040. The van der Waals surface area contributed by atoms with E-state index in [0.717, 1.165) is 4.90 Å². The average molecular weight is 479 g/mol. The van der Waals surface area contributed by atoms with E-state index in [-0.39, 0.29) is 16.4 Å². The van der Waals surface area contributed by atoms with Gasteiger partial charge in [0, 0.05) is 0 Å². The number of carbonyl (C=O) groups excluding carboxylic acids is 2. The zero-order valence-corrected chi connectivity index (χ0v) is 17.9. The summed E-state index contributed by atoms with van der Waals surface area (Å²) in [4.78, 5) is 26.4. The Morgan fingerprint density at radius 3 is 2.66 bits per heavy atom. The van der Waals surface area contributed by atoms with E-state index < -0.39 is 17.6 Å². The lowest BCUT2D eigenvalue weighted by molar-refractivity contribution is -0.122. The average Bonchev–Trinajstić information content (AvgIpc) is 2.67. The van der Waals surface area contributed by atoms with Gasteiger partial charge in [-0.3, -0.25) is 14.9 Å². The predicted molar refractivity (Wildman–Crippen MR) is 114 cm³/mol. The fourth-order valence-electron chi connectivity index (χ4n) is 2.81. The van der Waals surface area contributed by atoms with Crippen molar-refractivity contribution in [2.75, 3.05) is 18.6 Å². The van der Waals surface area contributed by atoms with E-state index in [1.54, 1.807) is 18.2 Å². The van der Waals surface area contributed by atoms with Gasteiger partial charge in [-0.05, 0) is 71.0 Å². The molecular formula is C20H16BrFN2O4S. The van der Waals surface area contributed by atoms with Crippen LogP contribution in [0.4, 0.5) is 10.1 Å². The van der Waals surface area contributed by atoms with Crippen molar-refractivity contribution in [2.24, 2.45) is 0 Å². The van der Waals surface area contributed by atoms with E-state index in [2.05, 4.69) is 21.2 Å². The highest BCUT2D eigenvalue weighted by Crippen LogP contribution is 2.37. The molecule has 150 valence electrons. The zero-order valence-electron chi connectivity index (χ0n) is 15.5. The Morgan fingerprint density at radius 2 is 2.00 bits per heavy atom. The Kier molecular flexibility index (Phi) is 6.29. The molecule has 2 aromatic carbocycles. The molecular weight excluding hydrogens is 463 g/mol. The topological polar surface area (TPSA) is 67.9 Å². The lowest BCUT2D eigenvalue weighted by atomic mass is 10.1. The highest BCUT2D eigenvalue weighted by molar-refractivity contribution is 9.10. The Hall–Kier alpha value is -2.78. The summed E-state index contributed by atoms with van der Waals surface area (Å²) in [6, 6.07) is 9.00. The monoisotopic (exact) mass is 478 g/mol. The predicted octanol–water partition coefficient (Wildman–Crippen LogP) is 3.83. The number of carbonyl (C=O) groups is 2. The minimum Gasteiger partial charge on any atom is -0.492 e. The van der Waals surface area contributed by atoms with Crippen molar-refractivity contribution in [3.8, 4) is 11.5 Å². The molecule has 2 aromatic rings. The van der Waals surface area contributed by atoms with Crippen LogP contribution in [0.15, 0.2) is 46.4 Å². The Morgan fingerprint density at radius 1 is 1.28 bits per heavy atom. The first-order valence-electron chi connectivity index (χ1n) is 8.53. The third-order valence-electron chi connectivity index (χ3n) is 4.04. The second-order valence-electron chi connectivity index (χ2n) is 5.88. The molecule has 0 unspecified atom stereocenters. The summed E-state index contributed by atoms with van der Waals surface area (Å²) in [7, 11) is 1.51. The van der Waals surface area contributed by atoms with Gasteiger partial charge in [0.2, 0.25) is 0 Å². The largest absolute Gasteiger partial charge is 0.492 e. The van der Waals surface area contributed by atoms with Crippen molar-refractivity contribution in [1.29, 1.82) is 0 Å². The Labute approximate surface area is 180 Å². The molecule has 0 bridgehead atoms. The molecule has 1 heterocycles. The summed E-state index contributed by atoms with van der Waals surface area (Å²) in [6.07, 6.45) is 1.39. The summed E-state index contributed by atoms with van der Waals surface area (Å²) in [6.45, 7) is 2.22. The number of amides is 2. The van der Waals surface area contributed by atoms with Gasteiger partial charge in [-0.15, -0.1) is 0 Å². The second kappa shape index (κ2) is 8.71. The maximum absolute atomic E-state index is 14.2. The van der Waals surface area contributed by atoms with Crippen LogP contribution in [0.1, 0.15) is 12.5 Å². The molecule has 1 aliphatic heterocycles. The SMILES string of the molecule is CCOc1cc(/C=C2\C(=O)NC(=S)N(c3ccccc3F)C2=O)cc(Br)c1OC. The zero-order chi connectivity index (χ0) is 21.1. The second-order valence-corrected chi connectivity index (χ2v) is 7.12. The van der Waals surface area contributed by atoms with Gasteiger partial charge in [0.05, 0.1) is 23.9 Å². The lowest BCUT2D eigenvalue weighted by Crippen LogP contribution is -2.54. The number of nitrogens with one attached hydrogen (secondary N) is 1. The quantitative estimate of drug-likeness (QED) is 0.401. The van der Waals surface area contributed by atoms with Gasteiger partial charge in [-0.25, -0.2) is 9.29 Å². The summed E-state index contributed by atoms with van der Waals surface area (Å²) in [5, 5.41) is 2.24. The summed E-state index contributed by atoms with van der Waals surface area (Å²) >= 11 is 8.47. The number of hydrogen-bond acceptors (Lipinski definition) is 5. The van der Waals surface area contributed by atoms with Gasteiger partial charge in [0.15, 0.2) is 16.6 Å². The molecule has 0 aromatic heterocycles. The van der Waals surface area contributed by atoms with Crippen molar-refractivity contribution < 1.29 is 23.5 Å². The molecule has 3 rings (SSSR count). The first-order valence-corrected chi connectivity index (χ1v) is 9.73. The molecule has 0 spiro atoms. The van der Waals surface area contributed by atoms with Gasteiger partial charge in [0.25, 0.3) is 11.8 Å². The molecule has 0 saturated carbocycles. The smallest absolute Gasteiger partial charge is 0.270 e. The number of anilines is 1. The van der Waals surface area contributed by atoms with Gasteiger partial charge in [-0.1, -0.05) is 12.1 Å². The molecule has 1 aliphatic rings. The number of halogens is 2. The van der Waals surface area contributed by atoms with Crippen molar-refractivity contribution in [2.45, 2.75) is 6.92 Å². The number of rotatable bonds is 5. The number of methoxy groups -OCH3 is 1. The van der Waals surface area contributed by atoms with E-state index in [4.69, 9.17) is 21.7 Å². The first-order chi connectivity index (χ1) is 13.9. The molecule has 0 atom stereocenters. The summed E-state index contributed by atoms with van der Waals surface area (Å²) in [5.74, 6) is -1.10. The van der Waals surface area contributed by atoms with Gasteiger partial charge in [0.1, 0.15) is 11.4 Å². The lowest BCUT2D eigenvalue weighted by Gasteiger charge is -2.29.